The lowest BCUT2D eigenvalue weighted by Crippen LogP contribution is -2.50. The molecule has 1 fully saturated rings. The fourth-order valence-electron chi connectivity index (χ4n) is 2.19. The zero-order chi connectivity index (χ0) is 12.8. The number of carbonyl (C=O) groups is 2. The van der Waals surface area contributed by atoms with Crippen LogP contribution in [0.25, 0.3) is 0 Å². The van der Waals surface area contributed by atoms with Gasteiger partial charge in [0.1, 0.15) is 0 Å². The van der Waals surface area contributed by atoms with Gasteiger partial charge < -0.3 is 15.5 Å². The van der Waals surface area contributed by atoms with Crippen LogP contribution < -0.4 is 10.6 Å². The molecule has 5 heteroatoms. The molecule has 98 valence electrons. The number of rotatable bonds is 4. The van der Waals surface area contributed by atoms with E-state index in [0.29, 0.717) is 5.92 Å². The smallest absolute Gasteiger partial charge is 0.239 e. The summed E-state index contributed by atoms with van der Waals surface area (Å²) in [5, 5.41) is 5.75. The minimum Gasteiger partial charge on any atom is -0.358 e. The molecule has 2 N–H and O–H groups in total. The normalized spacial score (nSPS) is 24.2. The van der Waals surface area contributed by atoms with Crippen molar-refractivity contribution in [1.29, 1.82) is 0 Å². The molecule has 2 amide bonds. The third-order valence-corrected chi connectivity index (χ3v) is 3.42. The van der Waals surface area contributed by atoms with E-state index in [2.05, 4.69) is 17.6 Å². The molecule has 0 aromatic heterocycles. The second-order valence-electron chi connectivity index (χ2n) is 4.67. The van der Waals surface area contributed by atoms with Crippen molar-refractivity contribution in [2.75, 3.05) is 27.2 Å². The molecule has 0 saturated carbocycles. The van der Waals surface area contributed by atoms with Crippen LogP contribution >= 0.6 is 0 Å². The SMILES string of the molecule is CCC1CCNC(C(=O)N(C)CC(=O)NC)C1. The largest absolute Gasteiger partial charge is 0.358 e. The van der Waals surface area contributed by atoms with Gasteiger partial charge in [-0.2, -0.15) is 0 Å². The fraction of sp³-hybridized carbons (Fsp3) is 0.833. The number of hydrogen-bond donors (Lipinski definition) is 2. The minimum atomic E-state index is -0.135. The molecule has 1 saturated heterocycles. The van der Waals surface area contributed by atoms with E-state index in [1.54, 1.807) is 14.1 Å². The van der Waals surface area contributed by atoms with Crippen molar-refractivity contribution in [1.82, 2.24) is 15.5 Å². The maximum absolute atomic E-state index is 12.1. The number of likely N-dealkylation sites (N-methyl/N-ethyl adjacent to an activating group) is 2. The predicted octanol–water partition coefficient (Wildman–Crippen LogP) is -0.0310. The zero-order valence-corrected chi connectivity index (χ0v) is 11.0. The van der Waals surface area contributed by atoms with Gasteiger partial charge in [0.15, 0.2) is 0 Å². The molecule has 0 aromatic rings. The van der Waals surface area contributed by atoms with Gasteiger partial charge in [-0.05, 0) is 25.3 Å². The van der Waals surface area contributed by atoms with E-state index >= 15 is 0 Å². The maximum Gasteiger partial charge on any atom is 0.239 e. The van der Waals surface area contributed by atoms with Gasteiger partial charge in [-0.25, -0.2) is 0 Å². The van der Waals surface area contributed by atoms with Gasteiger partial charge in [-0.1, -0.05) is 13.3 Å². The zero-order valence-electron chi connectivity index (χ0n) is 11.0. The molecular weight excluding hydrogens is 218 g/mol. The number of piperidine rings is 1. The lowest BCUT2D eigenvalue weighted by molar-refractivity contribution is -0.137. The quantitative estimate of drug-likeness (QED) is 0.726. The van der Waals surface area contributed by atoms with Crippen LogP contribution in [-0.2, 0) is 9.59 Å². The van der Waals surface area contributed by atoms with E-state index in [1.807, 2.05) is 0 Å². The molecule has 2 atom stereocenters. The van der Waals surface area contributed by atoms with Gasteiger partial charge in [0, 0.05) is 14.1 Å². The Hall–Kier alpha value is -1.10. The summed E-state index contributed by atoms with van der Waals surface area (Å²) < 4.78 is 0. The molecule has 17 heavy (non-hydrogen) atoms. The Morgan fingerprint density at radius 3 is 2.76 bits per heavy atom. The van der Waals surface area contributed by atoms with Crippen molar-refractivity contribution in [2.45, 2.75) is 32.2 Å². The van der Waals surface area contributed by atoms with Crippen LogP contribution in [0.4, 0.5) is 0 Å². The maximum atomic E-state index is 12.1. The van der Waals surface area contributed by atoms with Crippen LogP contribution in [0.2, 0.25) is 0 Å². The molecule has 1 heterocycles. The summed E-state index contributed by atoms with van der Waals surface area (Å²) in [6.07, 6.45) is 3.14. The minimum absolute atomic E-state index is 0.0201. The third-order valence-electron chi connectivity index (χ3n) is 3.42. The first-order valence-electron chi connectivity index (χ1n) is 6.27. The van der Waals surface area contributed by atoms with E-state index in [-0.39, 0.29) is 24.4 Å². The van der Waals surface area contributed by atoms with E-state index in [9.17, 15) is 9.59 Å². The topological polar surface area (TPSA) is 61.4 Å². The number of hydrogen-bond acceptors (Lipinski definition) is 3. The molecule has 1 aliphatic heterocycles. The van der Waals surface area contributed by atoms with E-state index in [0.717, 1.165) is 25.8 Å². The Balaban J connectivity index is 2.48. The summed E-state index contributed by atoms with van der Waals surface area (Å²) >= 11 is 0. The summed E-state index contributed by atoms with van der Waals surface area (Å²) in [6.45, 7) is 3.18. The first-order valence-corrected chi connectivity index (χ1v) is 6.27. The fourth-order valence-corrected chi connectivity index (χ4v) is 2.19. The van der Waals surface area contributed by atoms with Crippen molar-refractivity contribution in [3.8, 4) is 0 Å². The van der Waals surface area contributed by atoms with Crippen LogP contribution in [0.15, 0.2) is 0 Å². The van der Waals surface area contributed by atoms with E-state index in [1.165, 1.54) is 4.90 Å². The molecule has 5 nitrogen and oxygen atoms in total. The van der Waals surface area contributed by atoms with Gasteiger partial charge in [0.05, 0.1) is 12.6 Å². The lowest BCUT2D eigenvalue weighted by atomic mass is 9.90. The second-order valence-corrected chi connectivity index (χ2v) is 4.67. The standard InChI is InChI=1S/C12H23N3O2/c1-4-9-5-6-14-10(7-9)12(17)15(3)8-11(16)13-2/h9-10,14H,4-8H2,1-3H3,(H,13,16). The monoisotopic (exact) mass is 241 g/mol. The predicted molar refractivity (Wildman–Crippen MR) is 66.5 cm³/mol. The highest BCUT2D eigenvalue weighted by molar-refractivity contribution is 5.87. The van der Waals surface area contributed by atoms with Crippen molar-refractivity contribution in [3.63, 3.8) is 0 Å². The van der Waals surface area contributed by atoms with E-state index in [4.69, 9.17) is 0 Å². The van der Waals surface area contributed by atoms with Crippen LogP contribution in [0, 0.1) is 5.92 Å². The van der Waals surface area contributed by atoms with Gasteiger partial charge >= 0.3 is 0 Å². The molecule has 0 spiro atoms. The van der Waals surface area contributed by atoms with Gasteiger partial charge in [0.25, 0.3) is 0 Å². The van der Waals surface area contributed by atoms with Crippen molar-refractivity contribution < 1.29 is 9.59 Å². The van der Waals surface area contributed by atoms with Gasteiger partial charge in [-0.3, -0.25) is 9.59 Å². The number of amides is 2. The first kappa shape index (κ1) is 14.0. The van der Waals surface area contributed by atoms with Crippen molar-refractivity contribution in [2.24, 2.45) is 5.92 Å². The van der Waals surface area contributed by atoms with Crippen LogP contribution in [0.1, 0.15) is 26.2 Å². The molecule has 0 bridgehead atoms. The Morgan fingerprint density at radius 2 is 2.18 bits per heavy atom. The van der Waals surface area contributed by atoms with Gasteiger partial charge in [0.2, 0.25) is 11.8 Å². The van der Waals surface area contributed by atoms with Crippen molar-refractivity contribution in [3.05, 3.63) is 0 Å². The average Bonchev–Trinajstić information content (AvgIpc) is 2.37. The van der Waals surface area contributed by atoms with E-state index < -0.39 is 0 Å². The average molecular weight is 241 g/mol. The molecule has 1 rings (SSSR count). The highest BCUT2D eigenvalue weighted by Crippen LogP contribution is 2.20. The highest BCUT2D eigenvalue weighted by atomic mass is 16.2. The van der Waals surface area contributed by atoms with Crippen molar-refractivity contribution >= 4 is 11.8 Å². The Labute approximate surface area is 103 Å². The van der Waals surface area contributed by atoms with Crippen LogP contribution in [0.5, 0.6) is 0 Å². The van der Waals surface area contributed by atoms with Crippen LogP contribution in [0.3, 0.4) is 0 Å². The molecule has 1 aliphatic rings. The molecule has 2 unspecified atom stereocenters. The third kappa shape index (κ3) is 4.00. The highest BCUT2D eigenvalue weighted by Gasteiger charge is 2.28. The Morgan fingerprint density at radius 1 is 1.47 bits per heavy atom. The molecule has 0 aromatic carbocycles. The number of nitrogens with one attached hydrogen (secondary N) is 2. The van der Waals surface area contributed by atoms with Crippen LogP contribution in [-0.4, -0.2) is 49.9 Å². The molecular formula is C12H23N3O2. The number of nitrogens with zero attached hydrogens (tertiary/aromatic N) is 1. The summed E-state index contributed by atoms with van der Waals surface area (Å²) in [6, 6.07) is -0.122. The Bertz CT molecular complexity index is 281. The Kier molecular flexibility index (Phi) is 5.41. The van der Waals surface area contributed by atoms with Gasteiger partial charge in [-0.15, -0.1) is 0 Å². The molecule has 0 aliphatic carbocycles. The summed E-state index contributed by atoms with van der Waals surface area (Å²) in [5.74, 6) is 0.508. The second kappa shape index (κ2) is 6.59. The summed E-state index contributed by atoms with van der Waals surface area (Å²) in [7, 11) is 3.25. The summed E-state index contributed by atoms with van der Waals surface area (Å²) in [5.41, 5.74) is 0. The number of carbonyl (C=O) groups excluding carboxylic acids is 2. The lowest BCUT2D eigenvalue weighted by Gasteiger charge is -2.31. The summed E-state index contributed by atoms with van der Waals surface area (Å²) in [4.78, 5) is 24.8. The molecule has 0 radical (unpaired) electrons. The first-order chi connectivity index (χ1) is 8.08.